The number of rotatable bonds is 3. The second-order valence-corrected chi connectivity index (χ2v) is 6.20. The van der Waals surface area contributed by atoms with Crippen molar-refractivity contribution in [3.8, 4) is 0 Å². The van der Waals surface area contributed by atoms with Crippen LogP contribution in [0.15, 0.2) is 11.4 Å². The quantitative estimate of drug-likeness (QED) is 0.834. The van der Waals surface area contributed by atoms with Crippen LogP contribution in [0.4, 0.5) is 0 Å². The molecule has 14 heavy (non-hydrogen) atoms. The van der Waals surface area contributed by atoms with Crippen LogP contribution in [0.2, 0.25) is 4.34 Å². The van der Waals surface area contributed by atoms with E-state index >= 15 is 0 Å². The molecule has 1 atom stereocenters. The molecule has 0 spiro atoms. The van der Waals surface area contributed by atoms with Gasteiger partial charge in [0.1, 0.15) is 0 Å². The third-order valence-electron chi connectivity index (χ3n) is 3.29. The lowest BCUT2D eigenvalue weighted by atomic mass is 9.66. The first kappa shape index (κ1) is 10.5. The van der Waals surface area contributed by atoms with Gasteiger partial charge >= 0.3 is 0 Å². The maximum atomic E-state index is 6.15. The minimum Gasteiger partial charge on any atom is -0.324 e. The topological polar surface area (TPSA) is 26.0 Å². The highest BCUT2D eigenvalue weighted by atomic mass is 35.5. The van der Waals surface area contributed by atoms with Crippen LogP contribution >= 0.6 is 22.9 Å². The van der Waals surface area contributed by atoms with Crippen molar-refractivity contribution in [1.82, 2.24) is 0 Å². The third kappa shape index (κ3) is 2.13. The number of halogens is 1. The fourth-order valence-electron chi connectivity index (χ4n) is 2.15. The Balaban J connectivity index is 1.98. The van der Waals surface area contributed by atoms with Crippen LogP contribution in [-0.2, 0) is 0 Å². The smallest absolute Gasteiger partial charge is 0.0931 e. The lowest BCUT2D eigenvalue weighted by Crippen LogP contribution is -2.30. The van der Waals surface area contributed by atoms with Crippen LogP contribution in [0.3, 0.4) is 0 Å². The number of nitrogens with two attached hydrogens (primary N) is 1. The third-order valence-corrected chi connectivity index (χ3v) is 4.40. The van der Waals surface area contributed by atoms with Crippen LogP contribution in [0, 0.1) is 5.41 Å². The predicted molar refractivity (Wildman–Crippen MR) is 62.8 cm³/mol. The molecule has 0 saturated heterocycles. The summed E-state index contributed by atoms with van der Waals surface area (Å²) in [4.78, 5) is 0. The van der Waals surface area contributed by atoms with Gasteiger partial charge in [-0.15, -0.1) is 11.3 Å². The standard InChI is InChI=1S/C11H16ClNS/c1-11(3-2-4-11)6-9(13)8-5-10(12)14-7-8/h5,7,9H,2-4,6,13H2,1H3. The molecule has 2 N–H and O–H groups in total. The van der Waals surface area contributed by atoms with Crippen molar-refractivity contribution in [3.05, 3.63) is 21.3 Å². The van der Waals surface area contributed by atoms with Crippen molar-refractivity contribution in [2.24, 2.45) is 11.1 Å². The molecular weight excluding hydrogens is 214 g/mol. The van der Waals surface area contributed by atoms with Gasteiger partial charge in [-0.05, 0) is 41.7 Å². The first-order valence-corrected chi connectivity index (χ1v) is 6.34. The van der Waals surface area contributed by atoms with E-state index in [0.29, 0.717) is 5.41 Å². The number of thiophene rings is 1. The van der Waals surface area contributed by atoms with E-state index in [-0.39, 0.29) is 6.04 Å². The molecule has 1 aliphatic carbocycles. The lowest BCUT2D eigenvalue weighted by Gasteiger charge is -2.40. The summed E-state index contributed by atoms with van der Waals surface area (Å²) < 4.78 is 0.842. The zero-order chi connectivity index (χ0) is 10.2. The van der Waals surface area contributed by atoms with Gasteiger partial charge in [0.05, 0.1) is 4.34 Å². The minimum atomic E-state index is 0.170. The van der Waals surface area contributed by atoms with Crippen LogP contribution in [0.25, 0.3) is 0 Å². The van der Waals surface area contributed by atoms with Crippen molar-refractivity contribution >= 4 is 22.9 Å². The lowest BCUT2D eigenvalue weighted by molar-refractivity contribution is 0.134. The second-order valence-electron chi connectivity index (χ2n) is 4.66. The van der Waals surface area contributed by atoms with Crippen molar-refractivity contribution in [1.29, 1.82) is 0 Å². The van der Waals surface area contributed by atoms with Crippen LogP contribution < -0.4 is 5.73 Å². The molecule has 78 valence electrons. The molecule has 0 radical (unpaired) electrons. The summed E-state index contributed by atoms with van der Waals surface area (Å²) >= 11 is 7.46. The normalized spacial score (nSPS) is 21.6. The van der Waals surface area contributed by atoms with Crippen LogP contribution in [0.5, 0.6) is 0 Å². The molecule has 0 aromatic carbocycles. The van der Waals surface area contributed by atoms with Crippen LogP contribution in [-0.4, -0.2) is 0 Å². The predicted octanol–water partition coefficient (Wildman–Crippen LogP) is 3.98. The first-order chi connectivity index (χ1) is 6.59. The van der Waals surface area contributed by atoms with Crippen molar-refractivity contribution in [2.45, 2.75) is 38.6 Å². The van der Waals surface area contributed by atoms with Gasteiger partial charge in [-0.3, -0.25) is 0 Å². The molecule has 1 heterocycles. The minimum absolute atomic E-state index is 0.170. The average molecular weight is 230 g/mol. The molecule has 1 aliphatic rings. The average Bonchev–Trinajstić information content (AvgIpc) is 2.49. The van der Waals surface area contributed by atoms with E-state index in [1.165, 1.54) is 24.8 Å². The Morgan fingerprint density at radius 3 is 2.79 bits per heavy atom. The molecule has 2 rings (SSSR count). The van der Waals surface area contributed by atoms with E-state index in [4.69, 9.17) is 17.3 Å². The van der Waals surface area contributed by atoms with E-state index in [1.807, 2.05) is 6.07 Å². The summed E-state index contributed by atoms with van der Waals surface area (Å²) in [6.45, 7) is 2.34. The fraction of sp³-hybridized carbons (Fsp3) is 0.636. The van der Waals surface area contributed by atoms with E-state index in [9.17, 15) is 0 Å². The molecule has 1 saturated carbocycles. The van der Waals surface area contributed by atoms with E-state index in [0.717, 1.165) is 10.8 Å². The van der Waals surface area contributed by atoms with Gasteiger partial charge in [0, 0.05) is 6.04 Å². The molecule has 0 bridgehead atoms. The SMILES string of the molecule is CC1(CC(N)c2csc(Cl)c2)CCC1. The zero-order valence-electron chi connectivity index (χ0n) is 8.42. The largest absolute Gasteiger partial charge is 0.324 e. The maximum Gasteiger partial charge on any atom is 0.0931 e. The van der Waals surface area contributed by atoms with E-state index < -0.39 is 0 Å². The van der Waals surface area contributed by atoms with Gasteiger partial charge in [0.25, 0.3) is 0 Å². The summed E-state index contributed by atoms with van der Waals surface area (Å²) in [6, 6.07) is 2.17. The monoisotopic (exact) mass is 229 g/mol. The van der Waals surface area contributed by atoms with Gasteiger partial charge in [0.15, 0.2) is 0 Å². The molecule has 0 aliphatic heterocycles. The number of hydrogen-bond acceptors (Lipinski definition) is 2. The Morgan fingerprint density at radius 1 is 1.64 bits per heavy atom. The summed E-state index contributed by atoms with van der Waals surface area (Å²) in [5.41, 5.74) is 7.85. The molecule has 1 unspecified atom stereocenters. The summed E-state index contributed by atoms with van der Waals surface area (Å²) in [5.74, 6) is 0. The highest BCUT2D eigenvalue weighted by Gasteiger charge is 2.33. The van der Waals surface area contributed by atoms with E-state index in [1.54, 1.807) is 11.3 Å². The molecule has 1 fully saturated rings. The molecule has 1 aromatic rings. The maximum absolute atomic E-state index is 6.15. The van der Waals surface area contributed by atoms with Crippen molar-refractivity contribution in [2.75, 3.05) is 0 Å². The zero-order valence-corrected chi connectivity index (χ0v) is 10.00. The highest BCUT2D eigenvalue weighted by molar-refractivity contribution is 7.14. The van der Waals surface area contributed by atoms with Gasteiger partial charge in [-0.1, -0.05) is 24.9 Å². The van der Waals surface area contributed by atoms with Gasteiger partial charge < -0.3 is 5.73 Å². The number of hydrogen-bond donors (Lipinski definition) is 1. The van der Waals surface area contributed by atoms with Crippen LogP contribution in [0.1, 0.15) is 44.2 Å². The summed E-state index contributed by atoms with van der Waals surface area (Å²) in [6.07, 6.45) is 5.13. The molecular formula is C11H16ClNS. The molecule has 3 heteroatoms. The Labute approximate surface area is 94.3 Å². The summed E-state index contributed by atoms with van der Waals surface area (Å²) in [7, 11) is 0. The molecule has 0 amide bonds. The first-order valence-electron chi connectivity index (χ1n) is 5.09. The second kappa shape index (κ2) is 3.84. The molecule has 1 aromatic heterocycles. The summed E-state index contributed by atoms with van der Waals surface area (Å²) in [5, 5.41) is 2.08. The Morgan fingerprint density at radius 2 is 2.36 bits per heavy atom. The Kier molecular flexibility index (Phi) is 2.87. The van der Waals surface area contributed by atoms with Gasteiger partial charge in [-0.2, -0.15) is 0 Å². The molecule has 1 nitrogen and oxygen atoms in total. The van der Waals surface area contributed by atoms with Gasteiger partial charge in [-0.25, -0.2) is 0 Å². The van der Waals surface area contributed by atoms with Gasteiger partial charge in [0.2, 0.25) is 0 Å². The van der Waals surface area contributed by atoms with E-state index in [2.05, 4.69) is 12.3 Å². The van der Waals surface area contributed by atoms with Crippen molar-refractivity contribution in [3.63, 3.8) is 0 Å². The van der Waals surface area contributed by atoms with Crippen molar-refractivity contribution < 1.29 is 0 Å². The Hall–Kier alpha value is -0.0500. The highest BCUT2D eigenvalue weighted by Crippen LogP contribution is 2.46. The fourth-order valence-corrected chi connectivity index (χ4v) is 3.11. The Bertz CT molecular complexity index is 317.